The molecule has 128 valence electrons. The number of rotatable bonds is 7. The Morgan fingerprint density at radius 1 is 1.22 bits per heavy atom. The van der Waals surface area contributed by atoms with Crippen molar-refractivity contribution >= 4 is 11.9 Å². The zero-order chi connectivity index (χ0) is 17.3. The summed E-state index contributed by atoms with van der Waals surface area (Å²) in [5.41, 5.74) is 1.34. The predicted molar refractivity (Wildman–Crippen MR) is 91.7 cm³/mol. The van der Waals surface area contributed by atoms with E-state index in [2.05, 4.69) is 15.6 Å². The van der Waals surface area contributed by atoms with Crippen LogP contribution in [0.3, 0.4) is 0 Å². The van der Waals surface area contributed by atoms with E-state index in [1.54, 1.807) is 33.2 Å². The van der Waals surface area contributed by atoms with Gasteiger partial charge < -0.3 is 20.1 Å². The van der Waals surface area contributed by atoms with Crippen molar-refractivity contribution in [3.8, 4) is 0 Å². The molecule has 0 amide bonds. The van der Waals surface area contributed by atoms with Gasteiger partial charge >= 0.3 is 5.97 Å². The van der Waals surface area contributed by atoms with E-state index in [4.69, 9.17) is 9.47 Å². The predicted octanol–water partition coefficient (Wildman–Crippen LogP) is 1.95. The van der Waals surface area contributed by atoms with E-state index < -0.39 is 0 Å². The van der Waals surface area contributed by atoms with E-state index in [-0.39, 0.29) is 11.6 Å². The highest BCUT2D eigenvalue weighted by Crippen LogP contribution is 2.06. The van der Waals surface area contributed by atoms with Crippen molar-refractivity contribution in [2.24, 2.45) is 4.99 Å². The molecule has 0 unspecified atom stereocenters. The lowest BCUT2D eigenvalue weighted by molar-refractivity contribution is 0.0268. The summed E-state index contributed by atoms with van der Waals surface area (Å²) >= 11 is 0. The van der Waals surface area contributed by atoms with E-state index in [0.717, 1.165) is 5.56 Å². The molecule has 0 aromatic heterocycles. The summed E-state index contributed by atoms with van der Waals surface area (Å²) in [7, 11) is 3.40. The van der Waals surface area contributed by atoms with Gasteiger partial charge in [-0.2, -0.15) is 0 Å². The number of carbonyl (C=O) groups excluding carboxylic acids is 1. The van der Waals surface area contributed by atoms with Crippen LogP contribution in [0.4, 0.5) is 0 Å². The van der Waals surface area contributed by atoms with Gasteiger partial charge in [0.15, 0.2) is 5.96 Å². The number of nitrogens with one attached hydrogen (secondary N) is 2. The number of guanidine groups is 1. The van der Waals surface area contributed by atoms with Gasteiger partial charge in [0.2, 0.25) is 0 Å². The number of carbonyl (C=O) groups is 1. The molecular formula is C17H27N3O3. The van der Waals surface area contributed by atoms with E-state index in [0.29, 0.717) is 31.2 Å². The molecule has 0 bridgehead atoms. The van der Waals surface area contributed by atoms with Crippen molar-refractivity contribution < 1.29 is 14.3 Å². The Bertz CT molecular complexity index is 524. The number of esters is 1. The molecule has 0 aliphatic carbocycles. The number of hydrogen-bond donors (Lipinski definition) is 2. The van der Waals surface area contributed by atoms with Crippen LogP contribution in [-0.2, 0) is 16.0 Å². The minimum atomic E-state index is -0.300. The molecule has 0 aliphatic rings. The van der Waals surface area contributed by atoms with Gasteiger partial charge in [-0.05, 0) is 38.5 Å². The quantitative estimate of drug-likeness (QED) is 0.456. The first-order chi connectivity index (χ1) is 10.9. The molecule has 0 fully saturated rings. The van der Waals surface area contributed by atoms with Crippen LogP contribution in [0.5, 0.6) is 0 Å². The Hall–Kier alpha value is -2.08. The maximum absolute atomic E-state index is 11.6. The largest absolute Gasteiger partial charge is 0.462 e. The number of benzene rings is 1. The fourth-order valence-electron chi connectivity index (χ4n) is 1.75. The lowest BCUT2D eigenvalue weighted by Gasteiger charge is -2.24. The Balaban J connectivity index is 2.51. The first-order valence-corrected chi connectivity index (χ1v) is 7.67. The number of aliphatic imine (C=N–C) groups is 1. The average Bonchev–Trinajstić information content (AvgIpc) is 2.55. The highest BCUT2D eigenvalue weighted by molar-refractivity contribution is 5.89. The Morgan fingerprint density at radius 3 is 2.39 bits per heavy atom. The van der Waals surface area contributed by atoms with E-state index in [1.165, 1.54) is 0 Å². The maximum Gasteiger partial charge on any atom is 0.338 e. The lowest BCUT2D eigenvalue weighted by atomic mass is 10.1. The van der Waals surface area contributed by atoms with Gasteiger partial charge in [-0.3, -0.25) is 4.99 Å². The summed E-state index contributed by atoms with van der Waals surface area (Å²) in [6.45, 7) is 7.42. The molecular weight excluding hydrogens is 294 g/mol. The molecule has 23 heavy (non-hydrogen) atoms. The molecule has 6 heteroatoms. The Labute approximate surface area is 138 Å². The topological polar surface area (TPSA) is 72.0 Å². The molecule has 0 saturated heterocycles. The third-order valence-electron chi connectivity index (χ3n) is 3.38. The number of hydrogen-bond acceptors (Lipinski definition) is 4. The van der Waals surface area contributed by atoms with Crippen LogP contribution in [0.25, 0.3) is 0 Å². The molecule has 0 heterocycles. The molecule has 0 atom stereocenters. The average molecular weight is 321 g/mol. The van der Waals surface area contributed by atoms with Crippen LogP contribution in [0.2, 0.25) is 0 Å². The van der Waals surface area contributed by atoms with Gasteiger partial charge in [-0.1, -0.05) is 12.1 Å². The lowest BCUT2D eigenvalue weighted by Crippen LogP contribution is -2.45. The second-order valence-corrected chi connectivity index (χ2v) is 5.66. The molecule has 0 radical (unpaired) electrons. The number of ether oxygens (including phenoxy) is 2. The van der Waals surface area contributed by atoms with Gasteiger partial charge in [0.05, 0.1) is 17.8 Å². The number of methoxy groups -OCH3 is 1. The van der Waals surface area contributed by atoms with Crippen LogP contribution >= 0.6 is 0 Å². The summed E-state index contributed by atoms with van der Waals surface area (Å²) < 4.78 is 10.3. The van der Waals surface area contributed by atoms with Crippen LogP contribution in [0.15, 0.2) is 29.3 Å². The molecule has 0 spiro atoms. The van der Waals surface area contributed by atoms with E-state index >= 15 is 0 Å². The van der Waals surface area contributed by atoms with Crippen molar-refractivity contribution in [2.75, 3.05) is 27.3 Å². The van der Waals surface area contributed by atoms with Crippen molar-refractivity contribution in [3.05, 3.63) is 35.4 Å². The van der Waals surface area contributed by atoms with Crippen LogP contribution in [-0.4, -0.2) is 44.8 Å². The summed E-state index contributed by atoms with van der Waals surface area (Å²) in [6.07, 6.45) is 0. The zero-order valence-electron chi connectivity index (χ0n) is 14.6. The Kier molecular flexibility index (Phi) is 7.54. The van der Waals surface area contributed by atoms with Crippen LogP contribution < -0.4 is 10.6 Å². The molecule has 2 N–H and O–H groups in total. The standard InChI is InChI=1S/C17H27N3O3/c1-6-23-15(21)14-9-7-13(8-10-14)11-19-16(18-4)20-12-17(2,3)22-5/h7-10H,6,11-12H2,1-5H3,(H2,18,19,20). The normalized spacial score (nSPS) is 12.0. The van der Waals surface area contributed by atoms with Gasteiger partial charge in [0.1, 0.15) is 0 Å². The fraction of sp³-hybridized carbons (Fsp3) is 0.529. The minimum absolute atomic E-state index is 0.265. The zero-order valence-corrected chi connectivity index (χ0v) is 14.6. The summed E-state index contributed by atoms with van der Waals surface area (Å²) in [4.78, 5) is 15.8. The van der Waals surface area contributed by atoms with Gasteiger partial charge in [-0.15, -0.1) is 0 Å². The monoisotopic (exact) mass is 321 g/mol. The van der Waals surface area contributed by atoms with E-state index in [1.807, 2.05) is 26.0 Å². The summed E-state index contributed by atoms with van der Waals surface area (Å²) in [5.74, 6) is 0.399. The molecule has 1 rings (SSSR count). The molecule has 1 aromatic carbocycles. The number of nitrogens with zero attached hydrogens (tertiary/aromatic N) is 1. The van der Waals surface area contributed by atoms with Crippen LogP contribution in [0, 0.1) is 0 Å². The van der Waals surface area contributed by atoms with Crippen LogP contribution in [0.1, 0.15) is 36.7 Å². The molecule has 0 aliphatic heterocycles. The third-order valence-corrected chi connectivity index (χ3v) is 3.38. The first kappa shape index (κ1) is 19.0. The smallest absolute Gasteiger partial charge is 0.338 e. The SMILES string of the molecule is CCOC(=O)c1ccc(CNC(=NC)NCC(C)(C)OC)cc1. The van der Waals surface area contributed by atoms with E-state index in [9.17, 15) is 4.79 Å². The van der Waals surface area contributed by atoms with Crippen molar-refractivity contribution in [3.63, 3.8) is 0 Å². The maximum atomic E-state index is 11.6. The van der Waals surface area contributed by atoms with Crippen molar-refractivity contribution in [1.82, 2.24) is 10.6 Å². The third kappa shape index (κ3) is 6.69. The molecule has 0 saturated carbocycles. The summed E-state index contributed by atoms with van der Waals surface area (Å²) in [6, 6.07) is 7.32. The highest BCUT2D eigenvalue weighted by atomic mass is 16.5. The van der Waals surface area contributed by atoms with Gasteiger partial charge in [0.25, 0.3) is 0 Å². The fourth-order valence-corrected chi connectivity index (χ4v) is 1.75. The molecule has 1 aromatic rings. The minimum Gasteiger partial charge on any atom is -0.462 e. The molecule has 6 nitrogen and oxygen atoms in total. The Morgan fingerprint density at radius 2 is 1.87 bits per heavy atom. The van der Waals surface area contributed by atoms with Crippen molar-refractivity contribution in [1.29, 1.82) is 0 Å². The van der Waals surface area contributed by atoms with Crippen molar-refractivity contribution in [2.45, 2.75) is 32.9 Å². The second kappa shape index (κ2) is 9.15. The summed E-state index contributed by atoms with van der Waals surface area (Å²) in [5, 5.41) is 6.44. The van der Waals surface area contributed by atoms with Gasteiger partial charge in [0, 0.05) is 27.2 Å². The second-order valence-electron chi connectivity index (χ2n) is 5.66. The van der Waals surface area contributed by atoms with Gasteiger partial charge in [-0.25, -0.2) is 4.79 Å². The first-order valence-electron chi connectivity index (χ1n) is 7.67. The highest BCUT2D eigenvalue weighted by Gasteiger charge is 2.16.